The lowest BCUT2D eigenvalue weighted by atomic mass is 10.1. The summed E-state index contributed by atoms with van der Waals surface area (Å²) in [5, 5.41) is 11.4. The quantitative estimate of drug-likeness (QED) is 0.471. The highest BCUT2D eigenvalue weighted by Gasteiger charge is 2.12. The topological polar surface area (TPSA) is 114 Å². The Bertz CT molecular complexity index is 294. The molecule has 0 atom stereocenters. The van der Waals surface area contributed by atoms with E-state index in [2.05, 4.69) is 20.7 Å². The van der Waals surface area contributed by atoms with Crippen LogP contribution in [0.2, 0.25) is 0 Å². The lowest BCUT2D eigenvalue weighted by Gasteiger charge is -2.07. The predicted molar refractivity (Wildman–Crippen MR) is 47.8 cm³/mol. The van der Waals surface area contributed by atoms with Crippen molar-refractivity contribution >= 4 is 17.6 Å². The number of amides is 2. The van der Waals surface area contributed by atoms with Crippen LogP contribution >= 0.6 is 0 Å². The molecule has 4 N–H and O–H groups in total. The molecule has 0 aliphatic carbocycles. The van der Waals surface area contributed by atoms with Gasteiger partial charge in [0.05, 0.1) is 6.20 Å². The number of anilines is 1. The number of aromatic amines is 1. The first kappa shape index (κ1) is 10.2. The molecule has 1 aromatic heterocycles. The van der Waals surface area contributed by atoms with E-state index in [0.29, 0.717) is 25.1 Å². The highest BCUT2D eigenvalue weighted by atomic mass is 16.2. The Morgan fingerprint density at radius 3 is 2.14 bits per heavy atom. The van der Waals surface area contributed by atoms with Crippen LogP contribution in [0.3, 0.4) is 0 Å². The number of nitrogens with one attached hydrogen (secondary N) is 2. The number of hydrogen-bond acceptors (Lipinski definition) is 5. The number of nitrogens with two attached hydrogens (primary N) is 1. The Hall–Kier alpha value is -1.92. The molecule has 76 valence electrons. The molecule has 1 fully saturated rings. The second-order valence-electron chi connectivity index (χ2n) is 2.72. The van der Waals surface area contributed by atoms with E-state index >= 15 is 0 Å². The van der Waals surface area contributed by atoms with Crippen LogP contribution in [0.15, 0.2) is 6.20 Å². The van der Waals surface area contributed by atoms with Crippen LogP contribution in [0.5, 0.6) is 0 Å². The van der Waals surface area contributed by atoms with E-state index in [1.807, 2.05) is 0 Å². The van der Waals surface area contributed by atoms with Crippen LogP contribution in [-0.2, 0) is 9.59 Å². The molecule has 0 bridgehead atoms. The minimum Gasteiger partial charge on any atom is -0.381 e. The maximum Gasteiger partial charge on any atom is 0.226 e. The van der Waals surface area contributed by atoms with E-state index in [0.717, 1.165) is 0 Å². The number of hydrogen-bond donors (Lipinski definition) is 3. The largest absolute Gasteiger partial charge is 0.381 e. The number of carbonyl (C=O) groups excluding carboxylic acids is 2. The minimum absolute atomic E-state index is 0.138. The molecule has 0 unspecified atom stereocenters. The molecule has 0 aromatic carbocycles. The maximum absolute atomic E-state index is 10.3. The zero-order valence-corrected chi connectivity index (χ0v) is 7.49. The first-order chi connectivity index (χ1) is 6.68. The number of piperidine rings is 1. The molecule has 0 spiro atoms. The van der Waals surface area contributed by atoms with E-state index in [1.54, 1.807) is 0 Å². The van der Waals surface area contributed by atoms with Crippen molar-refractivity contribution in [1.29, 1.82) is 0 Å². The van der Waals surface area contributed by atoms with Gasteiger partial charge >= 0.3 is 0 Å². The molecule has 1 saturated heterocycles. The first-order valence-corrected chi connectivity index (χ1v) is 4.13. The second kappa shape index (κ2) is 4.95. The summed E-state index contributed by atoms with van der Waals surface area (Å²) < 4.78 is 0. The van der Waals surface area contributed by atoms with Crippen LogP contribution in [0.4, 0.5) is 5.82 Å². The Balaban J connectivity index is 0.000000146. The molecule has 14 heavy (non-hydrogen) atoms. The molecule has 0 saturated carbocycles. The van der Waals surface area contributed by atoms with Crippen LogP contribution in [-0.4, -0.2) is 27.2 Å². The van der Waals surface area contributed by atoms with Crippen molar-refractivity contribution < 1.29 is 9.59 Å². The van der Waals surface area contributed by atoms with Crippen LogP contribution in [0.25, 0.3) is 0 Å². The Labute approximate surface area is 80.1 Å². The summed E-state index contributed by atoms with van der Waals surface area (Å²) in [4.78, 5) is 20.7. The summed E-state index contributed by atoms with van der Waals surface area (Å²) in [5.41, 5.74) is 5.07. The summed E-state index contributed by atoms with van der Waals surface area (Å²) in [6, 6.07) is 0. The SMILES string of the molecule is Nc1c[nH]nn1.O=C1CCCC(=O)N1. The Morgan fingerprint density at radius 1 is 1.29 bits per heavy atom. The molecule has 7 heteroatoms. The van der Waals surface area contributed by atoms with Gasteiger partial charge in [0, 0.05) is 12.8 Å². The molecule has 1 aliphatic heterocycles. The van der Waals surface area contributed by atoms with Crippen molar-refractivity contribution in [1.82, 2.24) is 20.7 Å². The van der Waals surface area contributed by atoms with Gasteiger partial charge in [-0.15, -0.1) is 5.10 Å². The minimum atomic E-state index is -0.138. The van der Waals surface area contributed by atoms with Gasteiger partial charge in [0.15, 0.2) is 5.82 Å². The van der Waals surface area contributed by atoms with Crippen LogP contribution in [0, 0.1) is 0 Å². The third-order valence-corrected chi connectivity index (χ3v) is 1.52. The predicted octanol–water partition coefficient (Wildman–Crippen LogP) is -0.800. The summed E-state index contributed by atoms with van der Waals surface area (Å²) in [7, 11) is 0. The van der Waals surface area contributed by atoms with Crippen molar-refractivity contribution in [3.8, 4) is 0 Å². The van der Waals surface area contributed by atoms with Crippen molar-refractivity contribution in [2.75, 3.05) is 5.73 Å². The first-order valence-electron chi connectivity index (χ1n) is 4.13. The number of nitrogens with zero attached hydrogens (tertiary/aromatic N) is 2. The summed E-state index contributed by atoms with van der Waals surface area (Å²) in [5.74, 6) is 0.150. The molecule has 2 rings (SSSR count). The fourth-order valence-electron chi connectivity index (χ4n) is 0.900. The fourth-order valence-corrected chi connectivity index (χ4v) is 0.900. The summed E-state index contributed by atoms with van der Waals surface area (Å²) in [6.45, 7) is 0. The molecular formula is C7H11N5O2. The number of imide groups is 1. The normalized spacial score (nSPS) is 15.4. The lowest BCUT2D eigenvalue weighted by molar-refractivity contribution is -0.132. The van der Waals surface area contributed by atoms with Gasteiger partial charge in [0.25, 0.3) is 0 Å². The number of H-pyrrole nitrogens is 1. The smallest absolute Gasteiger partial charge is 0.226 e. The second-order valence-corrected chi connectivity index (χ2v) is 2.72. The van der Waals surface area contributed by atoms with Gasteiger partial charge in [0.2, 0.25) is 11.8 Å². The molecule has 0 radical (unpaired) electrons. The van der Waals surface area contributed by atoms with E-state index in [4.69, 9.17) is 5.73 Å². The monoisotopic (exact) mass is 197 g/mol. The Morgan fingerprint density at radius 2 is 1.93 bits per heavy atom. The van der Waals surface area contributed by atoms with E-state index in [1.165, 1.54) is 6.20 Å². The van der Waals surface area contributed by atoms with Gasteiger partial charge in [0.1, 0.15) is 0 Å². The fraction of sp³-hybridized carbons (Fsp3) is 0.429. The van der Waals surface area contributed by atoms with Gasteiger partial charge in [-0.2, -0.15) is 0 Å². The number of nitrogen functional groups attached to an aromatic ring is 1. The highest BCUT2D eigenvalue weighted by Crippen LogP contribution is 2.00. The van der Waals surface area contributed by atoms with Crippen molar-refractivity contribution in [2.45, 2.75) is 19.3 Å². The standard InChI is InChI=1S/C5H7NO2.C2H4N4/c7-4-2-1-3-5(8)6-4;3-2-1-4-6-5-2/h1-3H2,(H,6,7,8);1H,(H3,3,4,5,6). The zero-order valence-electron chi connectivity index (χ0n) is 7.49. The van der Waals surface area contributed by atoms with Crippen molar-refractivity contribution in [3.63, 3.8) is 0 Å². The maximum atomic E-state index is 10.3. The number of rotatable bonds is 0. The zero-order chi connectivity index (χ0) is 10.4. The highest BCUT2D eigenvalue weighted by molar-refractivity contribution is 5.97. The summed E-state index contributed by atoms with van der Waals surface area (Å²) in [6.07, 6.45) is 3.24. The van der Waals surface area contributed by atoms with Crippen LogP contribution < -0.4 is 11.1 Å². The molecule has 1 aliphatic rings. The van der Waals surface area contributed by atoms with Crippen molar-refractivity contribution in [3.05, 3.63) is 6.20 Å². The van der Waals surface area contributed by atoms with Gasteiger partial charge in [-0.3, -0.25) is 20.0 Å². The summed E-state index contributed by atoms with van der Waals surface area (Å²) >= 11 is 0. The van der Waals surface area contributed by atoms with E-state index in [9.17, 15) is 9.59 Å². The van der Waals surface area contributed by atoms with E-state index in [-0.39, 0.29) is 11.8 Å². The molecular weight excluding hydrogens is 186 g/mol. The molecule has 1 aromatic rings. The number of aromatic nitrogens is 3. The molecule has 2 heterocycles. The number of carbonyl (C=O) groups is 2. The lowest BCUT2D eigenvalue weighted by Crippen LogP contribution is -2.33. The van der Waals surface area contributed by atoms with Gasteiger partial charge in [-0.05, 0) is 6.42 Å². The van der Waals surface area contributed by atoms with Crippen LogP contribution in [0.1, 0.15) is 19.3 Å². The van der Waals surface area contributed by atoms with Gasteiger partial charge in [-0.25, -0.2) is 0 Å². The van der Waals surface area contributed by atoms with Crippen molar-refractivity contribution in [2.24, 2.45) is 0 Å². The molecule has 2 amide bonds. The van der Waals surface area contributed by atoms with Gasteiger partial charge in [-0.1, -0.05) is 5.21 Å². The van der Waals surface area contributed by atoms with E-state index < -0.39 is 0 Å². The third kappa shape index (κ3) is 3.65. The van der Waals surface area contributed by atoms with Gasteiger partial charge < -0.3 is 5.73 Å². The molecule has 7 nitrogen and oxygen atoms in total. The third-order valence-electron chi connectivity index (χ3n) is 1.52. The average molecular weight is 197 g/mol. The Kier molecular flexibility index (Phi) is 3.59. The average Bonchev–Trinajstić information content (AvgIpc) is 2.56.